The van der Waals surface area contributed by atoms with E-state index in [1.54, 1.807) is 6.08 Å². The summed E-state index contributed by atoms with van der Waals surface area (Å²) in [5.41, 5.74) is 1.03. The van der Waals surface area contributed by atoms with Gasteiger partial charge in [0.25, 0.3) is 0 Å². The average Bonchev–Trinajstić information content (AvgIpc) is 2.61. The predicted octanol–water partition coefficient (Wildman–Crippen LogP) is 4.80. The number of hydrogen-bond donors (Lipinski definition) is 2. The standard InChI is InChI=1S/C21H31NO3/c23-20(17-16-19-13-9-8-10-14-19)22-18-12-7-5-3-1-2-4-6-11-15-21(24)25/h8-10,13-14,16-17H,1-7,11-12,15,18H2,(H,22,23)(H,24,25)/b17-16+. The third-order valence-electron chi connectivity index (χ3n) is 4.09. The van der Waals surface area contributed by atoms with Gasteiger partial charge in [-0.25, -0.2) is 0 Å². The van der Waals surface area contributed by atoms with Gasteiger partial charge in [-0.05, 0) is 24.5 Å². The van der Waals surface area contributed by atoms with Crippen LogP contribution in [-0.4, -0.2) is 23.5 Å². The molecule has 0 saturated heterocycles. The second-order valence-corrected chi connectivity index (χ2v) is 6.36. The number of amides is 1. The summed E-state index contributed by atoms with van der Waals surface area (Å²) in [5, 5.41) is 11.5. The Bertz CT molecular complexity index is 511. The van der Waals surface area contributed by atoms with E-state index in [1.807, 2.05) is 36.4 Å². The number of hydrogen-bond acceptors (Lipinski definition) is 2. The van der Waals surface area contributed by atoms with Gasteiger partial charge in [0.2, 0.25) is 5.91 Å². The Balaban J connectivity index is 1.87. The van der Waals surface area contributed by atoms with E-state index in [-0.39, 0.29) is 5.91 Å². The highest BCUT2D eigenvalue weighted by Gasteiger charge is 1.97. The van der Waals surface area contributed by atoms with E-state index >= 15 is 0 Å². The minimum absolute atomic E-state index is 0.0368. The van der Waals surface area contributed by atoms with Gasteiger partial charge in [0.1, 0.15) is 0 Å². The molecule has 0 aliphatic rings. The van der Waals surface area contributed by atoms with E-state index in [0.717, 1.165) is 44.2 Å². The van der Waals surface area contributed by atoms with Crippen LogP contribution in [-0.2, 0) is 9.59 Å². The lowest BCUT2D eigenvalue weighted by Gasteiger charge is -2.03. The Morgan fingerprint density at radius 2 is 1.40 bits per heavy atom. The zero-order valence-corrected chi connectivity index (χ0v) is 15.1. The first kappa shape index (κ1) is 20.9. The van der Waals surface area contributed by atoms with Gasteiger partial charge in [-0.1, -0.05) is 75.3 Å². The lowest BCUT2D eigenvalue weighted by molar-refractivity contribution is -0.137. The molecule has 1 amide bonds. The van der Waals surface area contributed by atoms with Crippen LogP contribution in [0, 0.1) is 0 Å². The van der Waals surface area contributed by atoms with Gasteiger partial charge in [0, 0.05) is 19.0 Å². The fourth-order valence-corrected chi connectivity index (χ4v) is 2.65. The fourth-order valence-electron chi connectivity index (χ4n) is 2.65. The van der Waals surface area contributed by atoms with Crippen LogP contribution < -0.4 is 5.32 Å². The summed E-state index contributed by atoms with van der Waals surface area (Å²) in [6.45, 7) is 0.729. The third-order valence-corrected chi connectivity index (χ3v) is 4.09. The zero-order valence-electron chi connectivity index (χ0n) is 15.1. The fraction of sp³-hybridized carbons (Fsp3) is 0.524. The average molecular weight is 345 g/mol. The van der Waals surface area contributed by atoms with Crippen LogP contribution in [0.2, 0.25) is 0 Å². The maximum absolute atomic E-state index is 11.7. The van der Waals surface area contributed by atoms with Crippen LogP contribution in [0.1, 0.15) is 69.8 Å². The third kappa shape index (κ3) is 12.9. The molecule has 0 fully saturated rings. The molecule has 4 nitrogen and oxygen atoms in total. The minimum Gasteiger partial charge on any atom is -0.481 e. The van der Waals surface area contributed by atoms with Gasteiger partial charge in [-0.3, -0.25) is 9.59 Å². The molecule has 0 unspecified atom stereocenters. The lowest BCUT2D eigenvalue weighted by Crippen LogP contribution is -2.21. The van der Waals surface area contributed by atoms with Gasteiger partial charge < -0.3 is 10.4 Å². The van der Waals surface area contributed by atoms with Gasteiger partial charge in [-0.2, -0.15) is 0 Å². The highest BCUT2D eigenvalue weighted by molar-refractivity contribution is 5.91. The second-order valence-electron chi connectivity index (χ2n) is 6.36. The molecule has 0 atom stereocenters. The Kier molecular flexibility index (Phi) is 11.9. The molecule has 2 N–H and O–H groups in total. The molecule has 0 spiro atoms. The Hall–Kier alpha value is -2.10. The summed E-state index contributed by atoms with van der Waals surface area (Å²) < 4.78 is 0. The Morgan fingerprint density at radius 3 is 2.00 bits per heavy atom. The van der Waals surface area contributed by atoms with E-state index in [9.17, 15) is 9.59 Å². The number of aliphatic carboxylic acids is 1. The number of rotatable bonds is 14. The molecule has 0 aromatic heterocycles. The monoisotopic (exact) mass is 345 g/mol. The van der Waals surface area contributed by atoms with Crippen molar-refractivity contribution in [1.82, 2.24) is 5.32 Å². The van der Waals surface area contributed by atoms with Crippen molar-refractivity contribution in [3.63, 3.8) is 0 Å². The highest BCUT2D eigenvalue weighted by Crippen LogP contribution is 2.10. The molecule has 1 aromatic rings. The first-order valence-corrected chi connectivity index (χ1v) is 9.41. The summed E-state index contributed by atoms with van der Waals surface area (Å²) in [6, 6.07) is 9.80. The molecule has 1 rings (SSSR count). The normalized spacial score (nSPS) is 10.9. The van der Waals surface area contributed by atoms with Crippen LogP contribution >= 0.6 is 0 Å². The van der Waals surface area contributed by atoms with Crippen LogP contribution in [0.15, 0.2) is 36.4 Å². The van der Waals surface area contributed by atoms with Crippen molar-refractivity contribution in [2.45, 2.75) is 64.2 Å². The van der Waals surface area contributed by atoms with Gasteiger partial charge >= 0.3 is 5.97 Å². The van der Waals surface area contributed by atoms with Crippen molar-refractivity contribution >= 4 is 18.0 Å². The van der Waals surface area contributed by atoms with Crippen molar-refractivity contribution in [2.75, 3.05) is 6.54 Å². The second kappa shape index (κ2) is 14.3. The van der Waals surface area contributed by atoms with Gasteiger partial charge in [0.15, 0.2) is 0 Å². The highest BCUT2D eigenvalue weighted by atomic mass is 16.4. The predicted molar refractivity (Wildman–Crippen MR) is 102 cm³/mol. The molecule has 138 valence electrons. The number of unbranched alkanes of at least 4 members (excludes halogenated alkanes) is 8. The molecule has 25 heavy (non-hydrogen) atoms. The van der Waals surface area contributed by atoms with Gasteiger partial charge in [0.05, 0.1) is 0 Å². The van der Waals surface area contributed by atoms with Crippen LogP contribution in [0.3, 0.4) is 0 Å². The van der Waals surface area contributed by atoms with E-state index in [2.05, 4.69) is 5.32 Å². The van der Waals surface area contributed by atoms with Crippen molar-refractivity contribution in [2.24, 2.45) is 0 Å². The number of carbonyl (C=O) groups excluding carboxylic acids is 1. The van der Waals surface area contributed by atoms with Gasteiger partial charge in [-0.15, -0.1) is 0 Å². The van der Waals surface area contributed by atoms with E-state index in [0.29, 0.717) is 6.42 Å². The number of nitrogens with one attached hydrogen (secondary N) is 1. The molecule has 0 aliphatic heterocycles. The Morgan fingerprint density at radius 1 is 0.840 bits per heavy atom. The first-order valence-electron chi connectivity index (χ1n) is 9.41. The van der Waals surface area contributed by atoms with E-state index in [1.165, 1.54) is 25.7 Å². The molecule has 0 saturated carbocycles. The maximum atomic E-state index is 11.7. The summed E-state index contributed by atoms with van der Waals surface area (Å²) >= 11 is 0. The van der Waals surface area contributed by atoms with Crippen molar-refractivity contribution in [1.29, 1.82) is 0 Å². The SMILES string of the molecule is O=C(O)CCCCCCCCCCCNC(=O)/C=C/c1ccccc1. The van der Waals surface area contributed by atoms with Crippen molar-refractivity contribution in [3.8, 4) is 0 Å². The molecule has 1 aromatic carbocycles. The molecule has 4 heteroatoms. The summed E-state index contributed by atoms with van der Waals surface area (Å²) in [4.78, 5) is 22.1. The quantitative estimate of drug-likeness (QED) is 0.376. The topological polar surface area (TPSA) is 66.4 Å². The zero-order chi connectivity index (χ0) is 18.2. The van der Waals surface area contributed by atoms with E-state index < -0.39 is 5.97 Å². The largest absolute Gasteiger partial charge is 0.481 e. The molecular weight excluding hydrogens is 314 g/mol. The van der Waals surface area contributed by atoms with Crippen molar-refractivity contribution < 1.29 is 14.7 Å². The van der Waals surface area contributed by atoms with Crippen LogP contribution in [0.5, 0.6) is 0 Å². The summed E-state index contributed by atoms with van der Waals surface area (Å²) in [5.74, 6) is -0.729. The number of carboxylic acid groups (broad SMARTS) is 1. The van der Waals surface area contributed by atoms with Crippen molar-refractivity contribution in [3.05, 3.63) is 42.0 Å². The lowest BCUT2D eigenvalue weighted by atomic mass is 10.1. The summed E-state index contributed by atoms with van der Waals surface area (Å²) in [6.07, 6.45) is 13.7. The molecule has 0 radical (unpaired) electrons. The molecule has 0 heterocycles. The minimum atomic E-state index is -0.692. The number of carbonyl (C=O) groups is 2. The van der Waals surface area contributed by atoms with E-state index in [4.69, 9.17) is 5.11 Å². The number of carboxylic acids is 1. The molecule has 0 bridgehead atoms. The maximum Gasteiger partial charge on any atom is 0.303 e. The first-order chi connectivity index (χ1) is 12.2. The Labute approximate surface area is 151 Å². The smallest absolute Gasteiger partial charge is 0.303 e. The number of benzene rings is 1. The molecule has 0 aliphatic carbocycles. The molecular formula is C21H31NO3. The summed E-state index contributed by atoms with van der Waals surface area (Å²) in [7, 11) is 0. The van der Waals surface area contributed by atoms with Crippen LogP contribution in [0.25, 0.3) is 6.08 Å². The van der Waals surface area contributed by atoms with Crippen LogP contribution in [0.4, 0.5) is 0 Å².